The zero-order chi connectivity index (χ0) is 18.3. The second-order valence-corrected chi connectivity index (χ2v) is 8.83. The van der Waals surface area contributed by atoms with Gasteiger partial charge in [-0.25, -0.2) is 13.1 Å². The van der Waals surface area contributed by atoms with Gasteiger partial charge in [0.25, 0.3) is 0 Å². The molecule has 0 saturated heterocycles. The highest BCUT2D eigenvalue weighted by atomic mass is 32.2. The van der Waals surface area contributed by atoms with E-state index in [0.717, 1.165) is 46.6 Å². The van der Waals surface area contributed by atoms with Crippen LogP contribution in [0.15, 0.2) is 35.2 Å². The normalized spacial score (nSPS) is 15.5. The Labute approximate surface area is 154 Å². The zero-order valence-corrected chi connectivity index (χ0v) is 15.9. The number of hydrogen-bond donors (Lipinski definition) is 1. The Morgan fingerprint density at radius 3 is 2.54 bits per heavy atom. The van der Waals surface area contributed by atoms with E-state index in [2.05, 4.69) is 18.6 Å². The number of sulfonamides is 1. The molecule has 0 saturated carbocycles. The van der Waals surface area contributed by atoms with Crippen molar-refractivity contribution < 1.29 is 17.9 Å². The molecule has 5 nitrogen and oxygen atoms in total. The molecule has 26 heavy (non-hydrogen) atoms. The fourth-order valence-corrected chi connectivity index (χ4v) is 4.55. The van der Waals surface area contributed by atoms with Crippen molar-refractivity contribution in [2.24, 2.45) is 0 Å². The van der Waals surface area contributed by atoms with E-state index in [-0.39, 0.29) is 11.4 Å². The van der Waals surface area contributed by atoms with Crippen LogP contribution in [0.1, 0.15) is 42.0 Å². The van der Waals surface area contributed by atoms with Gasteiger partial charge in [0.15, 0.2) is 0 Å². The molecule has 0 fully saturated rings. The smallest absolute Gasteiger partial charge is 0.240 e. The van der Waals surface area contributed by atoms with Crippen molar-refractivity contribution in [1.29, 1.82) is 0 Å². The van der Waals surface area contributed by atoms with Crippen LogP contribution in [0.3, 0.4) is 0 Å². The molecule has 6 heteroatoms. The maximum absolute atomic E-state index is 12.7. The van der Waals surface area contributed by atoms with E-state index in [1.807, 2.05) is 18.2 Å². The first kappa shape index (κ1) is 17.4. The molecule has 4 rings (SSSR count). The van der Waals surface area contributed by atoms with E-state index in [4.69, 9.17) is 9.47 Å². The first-order chi connectivity index (χ1) is 12.5. The summed E-state index contributed by atoms with van der Waals surface area (Å²) in [6.07, 6.45) is 1.62. The van der Waals surface area contributed by atoms with Crippen molar-refractivity contribution in [3.63, 3.8) is 0 Å². The number of ether oxygens (including phenoxy) is 2. The van der Waals surface area contributed by atoms with Crippen molar-refractivity contribution in [1.82, 2.24) is 4.72 Å². The Hall–Kier alpha value is -2.05. The maximum atomic E-state index is 12.7. The molecule has 0 spiro atoms. The Morgan fingerprint density at radius 2 is 1.81 bits per heavy atom. The van der Waals surface area contributed by atoms with Crippen LogP contribution < -0.4 is 14.2 Å². The van der Waals surface area contributed by atoms with Gasteiger partial charge in [0.05, 0.1) is 18.1 Å². The fourth-order valence-electron chi connectivity index (χ4n) is 3.55. The third-order valence-corrected chi connectivity index (χ3v) is 6.47. The van der Waals surface area contributed by atoms with Crippen LogP contribution in [0.25, 0.3) is 0 Å². The summed E-state index contributed by atoms with van der Waals surface area (Å²) in [5, 5.41) is 0. The summed E-state index contributed by atoms with van der Waals surface area (Å²) < 4.78 is 39.6. The standard InChI is InChI=1S/C20H23NO4S/c1-13(2)14-3-5-16(6-4-14)26(22,23)21-12-18-17-8-10-24-19(17)11-15-7-9-25-20(15)18/h3-6,11,13,21H,7-10,12H2,1-2H3. The lowest BCUT2D eigenvalue weighted by atomic mass is 10.00. The highest BCUT2D eigenvalue weighted by Gasteiger charge is 2.27. The average molecular weight is 373 g/mol. The number of hydrogen-bond acceptors (Lipinski definition) is 4. The zero-order valence-electron chi connectivity index (χ0n) is 15.0. The second-order valence-electron chi connectivity index (χ2n) is 7.07. The van der Waals surface area contributed by atoms with Gasteiger partial charge in [-0.1, -0.05) is 26.0 Å². The van der Waals surface area contributed by atoms with Crippen molar-refractivity contribution in [2.75, 3.05) is 13.2 Å². The molecule has 2 aliphatic heterocycles. The highest BCUT2D eigenvalue weighted by molar-refractivity contribution is 7.89. The average Bonchev–Trinajstić information content (AvgIpc) is 3.27. The molecule has 2 aliphatic rings. The van der Waals surface area contributed by atoms with E-state index in [1.165, 1.54) is 0 Å². The van der Waals surface area contributed by atoms with E-state index in [0.29, 0.717) is 19.1 Å². The summed E-state index contributed by atoms with van der Waals surface area (Å²) >= 11 is 0. The van der Waals surface area contributed by atoms with Gasteiger partial charge < -0.3 is 9.47 Å². The molecular weight excluding hydrogens is 350 g/mol. The minimum atomic E-state index is -3.58. The predicted molar refractivity (Wildman–Crippen MR) is 99.4 cm³/mol. The molecular formula is C20H23NO4S. The summed E-state index contributed by atoms with van der Waals surface area (Å²) in [5.74, 6) is 2.06. The highest BCUT2D eigenvalue weighted by Crippen LogP contribution is 2.40. The molecule has 2 aromatic carbocycles. The molecule has 0 bridgehead atoms. The van der Waals surface area contributed by atoms with Crippen LogP contribution in [-0.4, -0.2) is 21.6 Å². The van der Waals surface area contributed by atoms with Crippen molar-refractivity contribution >= 4 is 10.0 Å². The van der Waals surface area contributed by atoms with Crippen LogP contribution in [0, 0.1) is 0 Å². The van der Waals surface area contributed by atoms with Crippen LogP contribution in [-0.2, 0) is 29.4 Å². The lowest BCUT2D eigenvalue weighted by Crippen LogP contribution is -2.24. The molecule has 0 atom stereocenters. The Balaban J connectivity index is 1.59. The fraction of sp³-hybridized carbons (Fsp3) is 0.400. The monoisotopic (exact) mass is 373 g/mol. The number of benzene rings is 2. The summed E-state index contributed by atoms with van der Waals surface area (Å²) in [6.45, 7) is 5.65. The van der Waals surface area contributed by atoms with Gasteiger partial charge in [0.1, 0.15) is 11.5 Å². The number of fused-ring (bicyclic) bond motifs is 2. The number of rotatable bonds is 5. The topological polar surface area (TPSA) is 64.6 Å². The molecule has 0 aromatic heterocycles. The second kappa shape index (κ2) is 6.59. The van der Waals surface area contributed by atoms with E-state index >= 15 is 0 Å². The van der Waals surface area contributed by atoms with Crippen molar-refractivity contribution in [2.45, 2.75) is 44.0 Å². The minimum absolute atomic E-state index is 0.211. The SMILES string of the molecule is CC(C)c1ccc(S(=O)(=O)NCc2c3c(cc4c2OCC4)OCC3)cc1. The predicted octanol–water partition coefficient (Wildman–Crippen LogP) is 3.16. The first-order valence-electron chi connectivity index (χ1n) is 8.98. The molecule has 138 valence electrons. The van der Waals surface area contributed by atoms with E-state index < -0.39 is 10.0 Å². The van der Waals surface area contributed by atoms with Crippen molar-refractivity contribution in [3.05, 3.63) is 52.6 Å². The first-order valence-corrected chi connectivity index (χ1v) is 10.5. The summed E-state index contributed by atoms with van der Waals surface area (Å²) in [4.78, 5) is 0.281. The van der Waals surface area contributed by atoms with Gasteiger partial charge in [-0.3, -0.25) is 0 Å². The maximum Gasteiger partial charge on any atom is 0.240 e. The third kappa shape index (κ3) is 3.08. The lowest BCUT2D eigenvalue weighted by Gasteiger charge is -2.14. The molecule has 0 unspecified atom stereocenters. The third-order valence-electron chi connectivity index (χ3n) is 5.06. The van der Waals surface area contributed by atoms with Gasteiger partial charge in [0, 0.05) is 36.1 Å². The Morgan fingerprint density at radius 1 is 1.08 bits per heavy atom. The van der Waals surface area contributed by atoms with Crippen LogP contribution in [0.5, 0.6) is 11.5 Å². The van der Waals surface area contributed by atoms with E-state index in [9.17, 15) is 8.42 Å². The lowest BCUT2D eigenvalue weighted by molar-refractivity contribution is 0.352. The van der Waals surface area contributed by atoms with Gasteiger partial charge in [-0.15, -0.1) is 0 Å². The van der Waals surface area contributed by atoms with Gasteiger partial charge >= 0.3 is 0 Å². The quantitative estimate of drug-likeness (QED) is 0.874. The Bertz CT molecular complexity index is 901. The minimum Gasteiger partial charge on any atom is -0.493 e. The van der Waals surface area contributed by atoms with Crippen LogP contribution >= 0.6 is 0 Å². The molecule has 0 amide bonds. The molecule has 0 radical (unpaired) electrons. The molecule has 2 aromatic rings. The molecule has 2 heterocycles. The van der Waals surface area contributed by atoms with Gasteiger partial charge in [-0.05, 0) is 29.7 Å². The van der Waals surface area contributed by atoms with E-state index in [1.54, 1.807) is 12.1 Å². The Kier molecular flexibility index (Phi) is 4.40. The largest absolute Gasteiger partial charge is 0.493 e. The number of nitrogens with one attached hydrogen (secondary N) is 1. The summed E-state index contributed by atoms with van der Waals surface area (Å²) in [7, 11) is -3.58. The van der Waals surface area contributed by atoms with Crippen molar-refractivity contribution in [3.8, 4) is 11.5 Å². The summed E-state index contributed by atoms with van der Waals surface area (Å²) in [6, 6.07) is 9.10. The molecule has 1 N–H and O–H groups in total. The summed E-state index contributed by atoms with van der Waals surface area (Å²) in [5.41, 5.74) is 4.19. The van der Waals surface area contributed by atoms with Crippen LogP contribution in [0.4, 0.5) is 0 Å². The van der Waals surface area contributed by atoms with Gasteiger partial charge in [0.2, 0.25) is 10.0 Å². The van der Waals surface area contributed by atoms with Crippen LogP contribution in [0.2, 0.25) is 0 Å². The molecule has 0 aliphatic carbocycles. The van der Waals surface area contributed by atoms with Gasteiger partial charge in [-0.2, -0.15) is 0 Å².